The van der Waals surface area contributed by atoms with Crippen LogP contribution in [0.1, 0.15) is 24.8 Å². The van der Waals surface area contributed by atoms with Gasteiger partial charge in [-0.15, -0.1) is 0 Å². The van der Waals surface area contributed by atoms with E-state index in [1.807, 2.05) is 0 Å². The molecule has 2 amide bonds. The van der Waals surface area contributed by atoms with Gasteiger partial charge in [0.25, 0.3) is 0 Å². The van der Waals surface area contributed by atoms with E-state index in [1.165, 1.54) is 12.1 Å². The average Bonchev–Trinajstić information content (AvgIpc) is 3.11. The zero-order valence-electron chi connectivity index (χ0n) is 12.2. The molecule has 1 heterocycles. The molecule has 1 aromatic carbocycles. The minimum absolute atomic E-state index is 0.0880. The van der Waals surface area contributed by atoms with Crippen LogP contribution in [0.25, 0.3) is 0 Å². The maximum atomic E-state index is 13.0. The lowest BCUT2D eigenvalue weighted by Crippen LogP contribution is -2.42. The van der Waals surface area contributed by atoms with Crippen molar-refractivity contribution in [1.29, 1.82) is 0 Å². The Hall–Kier alpha value is -2.11. The molecule has 1 aliphatic carbocycles. The molecule has 22 heavy (non-hydrogen) atoms. The van der Waals surface area contributed by atoms with E-state index in [2.05, 4.69) is 5.32 Å². The van der Waals surface area contributed by atoms with Crippen LogP contribution in [0.2, 0.25) is 0 Å². The van der Waals surface area contributed by atoms with Crippen LogP contribution < -0.4 is 5.32 Å². The van der Waals surface area contributed by atoms with Crippen LogP contribution in [0.5, 0.6) is 0 Å². The fraction of sp³-hybridized carbons (Fsp3) is 0.500. The van der Waals surface area contributed by atoms with E-state index in [4.69, 9.17) is 5.11 Å². The highest BCUT2D eigenvalue weighted by Crippen LogP contribution is 2.47. The van der Waals surface area contributed by atoms with Gasteiger partial charge in [-0.1, -0.05) is 12.1 Å². The third kappa shape index (κ3) is 2.91. The van der Waals surface area contributed by atoms with Gasteiger partial charge in [0, 0.05) is 25.0 Å². The minimum Gasteiger partial charge on any atom is -0.481 e. The predicted octanol–water partition coefficient (Wildman–Crippen LogP) is 1.97. The summed E-state index contributed by atoms with van der Waals surface area (Å²) in [4.78, 5) is 24.6. The number of aliphatic carboxylic acids is 1. The second-order valence-corrected chi connectivity index (χ2v) is 6.22. The van der Waals surface area contributed by atoms with E-state index in [0.717, 1.165) is 18.4 Å². The average molecular weight is 306 g/mol. The molecule has 2 fully saturated rings. The van der Waals surface area contributed by atoms with Crippen molar-refractivity contribution in [3.05, 3.63) is 35.6 Å². The number of carboxylic acid groups (broad SMARTS) is 1. The van der Waals surface area contributed by atoms with Gasteiger partial charge in [-0.2, -0.15) is 0 Å². The van der Waals surface area contributed by atoms with Crippen LogP contribution in [-0.4, -0.2) is 41.6 Å². The molecule has 1 aliphatic heterocycles. The number of carbonyl (C=O) groups is 2. The third-order valence-corrected chi connectivity index (χ3v) is 4.71. The van der Waals surface area contributed by atoms with E-state index in [0.29, 0.717) is 19.5 Å². The van der Waals surface area contributed by atoms with Gasteiger partial charge in [0.1, 0.15) is 5.82 Å². The first kappa shape index (κ1) is 14.8. The lowest BCUT2D eigenvalue weighted by Gasteiger charge is -2.21. The van der Waals surface area contributed by atoms with Gasteiger partial charge < -0.3 is 15.3 Å². The Balaban J connectivity index is 1.55. The zero-order valence-corrected chi connectivity index (χ0v) is 12.2. The van der Waals surface area contributed by atoms with Crippen LogP contribution in [0.4, 0.5) is 9.18 Å². The van der Waals surface area contributed by atoms with Crippen molar-refractivity contribution in [2.75, 3.05) is 19.6 Å². The number of halogens is 1. The monoisotopic (exact) mass is 306 g/mol. The van der Waals surface area contributed by atoms with E-state index < -0.39 is 11.9 Å². The van der Waals surface area contributed by atoms with Gasteiger partial charge in [-0.25, -0.2) is 9.18 Å². The number of likely N-dealkylation sites (tertiary alicyclic amines) is 1. The lowest BCUT2D eigenvalue weighted by molar-refractivity contribution is -0.141. The summed E-state index contributed by atoms with van der Waals surface area (Å²) in [6.45, 7) is 1.25. The summed E-state index contributed by atoms with van der Waals surface area (Å²) in [7, 11) is 0. The summed E-state index contributed by atoms with van der Waals surface area (Å²) in [5.74, 6) is -1.57. The first-order chi connectivity index (χ1) is 10.5. The first-order valence-corrected chi connectivity index (χ1v) is 7.52. The molecule has 2 N–H and O–H groups in total. The van der Waals surface area contributed by atoms with E-state index in [9.17, 15) is 14.0 Å². The molecule has 1 saturated heterocycles. The smallest absolute Gasteiger partial charge is 0.317 e. The minimum atomic E-state index is -0.847. The van der Waals surface area contributed by atoms with Crippen molar-refractivity contribution in [1.82, 2.24) is 10.2 Å². The van der Waals surface area contributed by atoms with Crippen LogP contribution in [0, 0.1) is 11.7 Å². The van der Waals surface area contributed by atoms with Gasteiger partial charge in [-0.3, -0.25) is 4.79 Å². The summed E-state index contributed by atoms with van der Waals surface area (Å²) in [5.41, 5.74) is 0.953. The van der Waals surface area contributed by atoms with Crippen LogP contribution in [0.3, 0.4) is 0 Å². The third-order valence-electron chi connectivity index (χ3n) is 4.71. The molecule has 6 heteroatoms. The number of nitrogens with zero attached hydrogens (tertiary/aromatic N) is 1. The highest BCUT2D eigenvalue weighted by Gasteiger charge is 2.44. The number of hydrogen-bond donors (Lipinski definition) is 2. The first-order valence-electron chi connectivity index (χ1n) is 7.52. The van der Waals surface area contributed by atoms with E-state index in [1.54, 1.807) is 17.0 Å². The van der Waals surface area contributed by atoms with Crippen molar-refractivity contribution in [3.63, 3.8) is 0 Å². The molecule has 1 atom stereocenters. The summed E-state index contributed by atoms with van der Waals surface area (Å²) in [6.07, 6.45) is 2.44. The highest BCUT2D eigenvalue weighted by molar-refractivity contribution is 5.77. The topological polar surface area (TPSA) is 69.6 Å². The van der Waals surface area contributed by atoms with Gasteiger partial charge in [0.2, 0.25) is 0 Å². The number of amides is 2. The van der Waals surface area contributed by atoms with Gasteiger partial charge >= 0.3 is 12.0 Å². The molecule has 0 spiro atoms. The molecule has 3 rings (SSSR count). The van der Waals surface area contributed by atoms with Crippen molar-refractivity contribution >= 4 is 12.0 Å². The SMILES string of the molecule is O=C(O)C1CCN(C(=O)NCC2(c3ccc(F)cc3)CC2)C1. The summed E-state index contributed by atoms with van der Waals surface area (Å²) in [6, 6.07) is 6.21. The molecule has 0 radical (unpaired) electrons. The van der Waals surface area contributed by atoms with Crippen LogP contribution in [0.15, 0.2) is 24.3 Å². The fourth-order valence-corrected chi connectivity index (χ4v) is 3.02. The predicted molar refractivity (Wildman–Crippen MR) is 78.0 cm³/mol. The summed E-state index contributed by atoms with van der Waals surface area (Å²) < 4.78 is 13.0. The highest BCUT2D eigenvalue weighted by atomic mass is 19.1. The summed E-state index contributed by atoms with van der Waals surface area (Å²) in [5, 5.41) is 11.9. The number of rotatable bonds is 4. The van der Waals surface area contributed by atoms with Crippen molar-refractivity contribution in [2.24, 2.45) is 5.92 Å². The van der Waals surface area contributed by atoms with Gasteiger partial charge in [-0.05, 0) is 37.0 Å². The maximum Gasteiger partial charge on any atom is 0.317 e. The molecule has 1 aromatic rings. The second-order valence-electron chi connectivity index (χ2n) is 6.22. The van der Waals surface area contributed by atoms with Crippen LogP contribution >= 0.6 is 0 Å². The van der Waals surface area contributed by atoms with Crippen molar-refractivity contribution in [3.8, 4) is 0 Å². The summed E-state index contributed by atoms with van der Waals surface area (Å²) >= 11 is 0. The Labute approximate surface area is 128 Å². The molecular weight excluding hydrogens is 287 g/mol. The zero-order chi connectivity index (χ0) is 15.7. The van der Waals surface area contributed by atoms with Gasteiger partial charge in [0.15, 0.2) is 0 Å². The quantitative estimate of drug-likeness (QED) is 0.893. The molecule has 0 bridgehead atoms. The number of carboxylic acids is 1. The van der Waals surface area contributed by atoms with E-state index in [-0.39, 0.29) is 23.8 Å². The molecule has 0 aromatic heterocycles. The standard InChI is InChI=1S/C16H19FN2O3/c17-13-3-1-12(2-4-13)16(6-7-16)10-18-15(22)19-8-5-11(9-19)14(20)21/h1-4,11H,5-10H2,(H,18,22)(H,20,21). The molecule has 1 saturated carbocycles. The normalized spacial score (nSPS) is 22.4. The number of urea groups is 1. The van der Waals surface area contributed by atoms with Gasteiger partial charge in [0.05, 0.1) is 5.92 Å². The fourth-order valence-electron chi connectivity index (χ4n) is 3.02. The Bertz CT molecular complexity index is 584. The number of nitrogens with one attached hydrogen (secondary N) is 1. The van der Waals surface area contributed by atoms with Crippen molar-refractivity contribution in [2.45, 2.75) is 24.7 Å². The Kier molecular flexibility index (Phi) is 3.76. The molecule has 1 unspecified atom stereocenters. The number of hydrogen-bond acceptors (Lipinski definition) is 2. The van der Waals surface area contributed by atoms with Crippen molar-refractivity contribution < 1.29 is 19.1 Å². The Morgan fingerprint density at radius 3 is 2.55 bits per heavy atom. The van der Waals surface area contributed by atoms with Crippen LogP contribution in [-0.2, 0) is 10.2 Å². The second kappa shape index (κ2) is 5.59. The maximum absolute atomic E-state index is 13.0. The van der Waals surface area contributed by atoms with E-state index >= 15 is 0 Å². The lowest BCUT2D eigenvalue weighted by atomic mass is 9.96. The largest absolute Gasteiger partial charge is 0.481 e. The Morgan fingerprint density at radius 2 is 2.00 bits per heavy atom. The number of benzene rings is 1. The molecule has 5 nitrogen and oxygen atoms in total. The molecule has 118 valence electrons. The molecule has 2 aliphatic rings. The molecular formula is C16H19FN2O3. The Morgan fingerprint density at radius 1 is 1.32 bits per heavy atom. The number of carbonyl (C=O) groups excluding carboxylic acids is 1.